The summed E-state index contributed by atoms with van der Waals surface area (Å²) < 4.78 is 0. The van der Waals surface area contributed by atoms with Crippen LogP contribution < -0.4 is 16.0 Å². The van der Waals surface area contributed by atoms with Crippen molar-refractivity contribution in [3.05, 3.63) is 0 Å². The highest BCUT2D eigenvalue weighted by Gasteiger charge is 2.28. The van der Waals surface area contributed by atoms with Crippen molar-refractivity contribution in [3.63, 3.8) is 0 Å². The van der Waals surface area contributed by atoms with E-state index in [1.165, 1.54) is 0 Å². The minimum atomic E-state index is -0.570. The number of rotatable bonds is 4. The van der Waals surface area contributed by atoms with E-state index in [9.17, 15) is 9.59 Å². The molecule has 98 valence electrons. The maximum Gasteiger partial charge on any atom is 0.237 e. The van der Waals surface area contributed by atoms with Gasteiger partial charge in [-0.05, 0) is 33.2 Å². The molecule has 2 amide bonds. The summed E-state index contributed by atoms with van der Waals surface area (Å²) in [7, 11) is 1.61. The monoisotopic (exact) mass is 241 g/mol. The summed E-state index contributed by atoms with van der Waals surface area (Å²) >= 11 is 0. The van der Waals surface area contributed by atoms with Crippen LogP contribution in [0.15, 0.2) is 0 Å². The molecule has 1 heterocycles. The van der Waals surface area contributed by atoms with Crippen LogP contribution in [0.4, 0.5) is 0 Å². The third-order valence-corrected chi connectivity index (χ3v) is 3.17. The van der Waals surface area contributed by atoms with Crippen molar-refractivity contribution < 1.29 is 9.59 Å². The average Bonchev–Trinajstić information content (AvgIpc) is 2.36. The topological polar surface area (TPSA) is 70.2 Å². The van der Waals surface area contributed by atoms with Gasteiger partial charge in [0.2, 0.25) is 11.8 Å². The van der Waals surface area contributed by atoms with Crippen molar-refractivity contribution in [2.24, 2.45) is 5.41 Å². The second kappa shape index (κ2) is 6.00. The van der Waals surface area contributed by atoms with Gasteiger partial charge in [-0.1, -0.05) is 6.42 Å². The van der Waals surface area contributed by atoms with Gasteiger partial charge in [-0.15, -0.1) is 0 Å². The molecule has 5 heteroatoms. The van der Waals surface area contributed by atoms with E-state index >= 15 is 0 Å². The molecule has 0 bridgehead atoms. The van der Waals surface area contributed by atoms with Gasteiger partial charge < -0.3 is 16.0 Å². The number of hydrogen-bond donors (Lipinski definition) is 3. The highest BCUT2D eigenvalue weighted by atomic mass is 16.2. The van der Waals surface area contributed by atoms with Crippen LogP contribution in [-0.4, -0.2) is 38.0 Å². The van der Waals surface area contributed by atoms with Crippen molar-refractivity contribution in [1.29, 1.82) is 0 Å². The van der Waals surface area contributed by atoms with Gasteiger partial charge in [0.1, 0.15) is 0 Å². The molecule has 1 atom stereocenters. The molecule has 1 aliphatic heterocycles. The van der Waals surface area contributed by atoms with E-state index in [-0.39, 0.29) is 17.9 Å². The van der Waals surface area contributed by atoms with E-state index < -0.39 is 5.41 Å². The van der Waals surface area contributed by atoms with Gasteiger partial charge in [0.05, 0.1) is 11.5 Å². The maximum absolute atomic E-state index is 11.9. The van der Waals surface area contributed by atoms with Crippen LogP contribution in [0.5, 0.6) is 0 Å². The first-order valence-electron chi connectivity index (χ1n) is 6.20. The summed E-state index contributed by atoms with van der Waals surface area (Å²) in [5.74, 6) is -0.0592. The summed E-state index contributed by atoms with van der Waals surface area (Å²) in [6.07, 6.45) is 3.10. The minimum Gasteiger partial charge on any atom is -0.359 e. The molecular weight excluding hydrogens is 218 g/mol. The van der Waals surface area contributed by atoms with Crippen LogP contribution in [0.2, 0.25) is 0 Å². The Morgan fingerprint density at radius 2 is 2.06 bits per heavy atom. The third-order valence-electron chi connectivity index (χ3n) is 3.17. The fourth-order valence-electron chi connectivity index (χ4n) is 1.93. The summed E-state index contributed by atoms with van der Waals surface area (Å²) in [5.41, 5.74) is -0.570. The molecule has 1 rings (SSSR count). The Balaban J connectivity index is 2.39. The van der Waals surface area contributed by atoms with Crippen molar-refractivity contribution >= 4 is 11.8 Å². The molecule has 0 unspecified atom stereocenters. The van der Waals surface area contributed by atoms with E-state index in [1.807, 2.05) is 13.8 Å². The Labute approximate surface area is 103 Å². The SMILES string of the molecule is CNC(=O)C(C)(C)CNC(=O)[C@@H]1CCCCN1. The minimum absolute atomic E-state index is 0.00155. The number of hydrogen-bond acceptors (Lipinski definition) is 3. The van der Waals surface area contributed by atoms with Crippen molar-refractivity contribution in [2.75, 3.05) is 20.1 Å². The van der Waals surface area contributed by atoms with E-state index in [2.05, 4.69) is 16.0 Å². The molecular formula is C12H23N3O2. The molecule has 1 saturated heterocycles. The second-order valence-corrected chi connectivity index (χ2v) is 5.18. The molecule has 0 spiro atoms. The molecule has 1 fully saturated rings. The van der Waals surface area contributed by atoms with Gasteiger partial charge in [-0.2, -0.15) is 0 Å². The Morgan fingerprint density at radius 1 is 1.35 bits per heavy atom. The first kappa shape index (κ1) is 14.0. The van der Waals surface area contributed by atoms with Crippen LogP contribution in [-0.2, 0) is 9.59 Å². The van der Waals surface area contributed by atoms with Crippen molar-refractivity contribution in [1.82, 2.24) is 16.0 Å². The van der Waals surface area contributed by atoms with Crippen LogP contribution in [0.25, 0.3) is 0 Å². The van der Waals surface area contributed by atoms with E-state index in [4.69, 9.17) is 0 Å². The zero-order chi connectivity index (χ0) is 12.9. The molecule has 17 heavy (non-hydrogen) atoms. The van der Waals surface area contributed by atoms with Crippen LogP contribution in [0.3, 0.4) is 0 Å². The van der Waals surface area contributed by atoms with E-state index in [0.29, 0.717) is 6.54 Å². The summed E-state index contributed by atoms with van der Waals surface area (Å²) in [5, 5.41) is 8.63. The molecule has 1 aliphatic rings. The summed E-state index contributed by atoms with van der Waals surface area (Å²) in [6, 6.07) is -0.0933. The molecule has 0 aliphatic carbocycles. The maximum atomic E-state index is 11.9. The standard InChI is InChI=1S/C12H23N3O2/c1-12(2,11(17)13-3)8-15-10(16)9-6-4-5-7-14-9/h9,14H,4-8H2,1-3H3,(H,13,17)(H,15,16)/t9-/m0/s1. The molecule has 0 radical (unpaired) electrons. The normalized spacial score (nSPS) is 20.8. The third kappa shape index (κ3) is 4.00. The number of amides is 2. The molecule has 5 nitrogen and oxygen atoms in total. The Morgan fingerprint density at radius 3 is 2.59 bits per heavy atom. The predicted octanol–water partition coefficient (Wildman–Crippen LogP) is 0.0169. The first-order valence-corrected chi connectivity index (χ1v) is 6.20. The van der Waals surface area contributed by atoms with Gasteiger partial charge >= 0.3 is 0 Å². The molecule has 3 N–H and O–H groups in total. The van der Waals surface area contributed by atoms with Gasteiger partial charge in [0, 0.05) is 13.6 Å². The van der Waals surface area contributed by atoms with E-state index in [0.717, 1.165) is 25.8 Å². The van der Waals surface area contributed by atoms with Gasteiger partial charge in [0.25, 0.3) is 0 Å². The highest BCUT2D eigenvalue weighted by Crippen LogP contribution is 2.14. The van der Waals surface area contributed by atoms with E-state index in [1.54, 1.807) is 7.05 Å². The number of carbonyl (C=O) groups is 2. The fraction of sp³-hybridized carbons (Fsp3) is 0.833. The average molecular weight is 241 g/mol. The Kier molecular flexibility index (Phi) is 4.93. The van der Waals surface area contributed by atoms with Gasteiger partial charge in [-0.3, -0.25) is 9.59 Å². The largest absolute Gasteiger partial charge is 0.359 e. The summed E-state index contributed by atoms with van der Waals surface area (Å²) in [4.78, 5) is 23.4. The van der Waals surface area contributed by atoms with Gasteiger partial charge in [-0.25, -0.2) is 0 Å². The Hall–Kier alpha value is -1.10. The first-order chi connectivity index (χ1) is 7.97. The number of piperidine rings is 1. The second-order valence-electron chi connectivity index (χ2n) is 5.18. The van der Waals surface area contributed by atoms with Crippen LogP contribution in [0.1, 0.15) is 33.1 Å². The number of nitrogens with one attached hydrogen (secondary N) is 3. The number of carbonyl (C=O) groups excluding carboxylic acids is 2. The van der Waals surface area contributed by atoms with Gasteiger partial charge in [0.15, 0.2) is 0 Å². The lowest BCUT2D eigenvalue weighted by molar-refractivity contribution is -0.129. The summed E-state index contributed by atoms with van der Waals surface area (Å²) in [6.45, 7) is 4.90. The zero-order valence-corrected chi connectivity index (χ0v) is 10.9. The smallest absolute Gasteiger partial charge is 0.237 e. The lowest BCUT2D eigenvalue weighted by atomic mass is 9.92. The van der Waals surface area contributed by atoms with Crippen LogP contribution in [0, 0.1) is 5.41 Å². The molecule has 0 aromatic rings. The lowest BCUT2D eigenvalue weighted by Gasteiger charge is -2.26. The molecule has 0 saturated carbocycles. The zero-order valence-electron chi connectivity index (χ0n) is 10.9. The fourth-order valence-corrected chi connectivity index (χ4v) is 1.93. The lowest BCUT2D eigenvalue weighted by Crippen LogP contribution is -2.50. The predicted molar refractivity (Wildman–Crippen MR) is 66.5 cm³/mol. The quantitative estimate of drug-likeness (QED) is 0.650. The van der Waals surface area contributed by atoms with Crippen molar-refractivity contribution in [3.8, 4) is 0 Å². The molecule has 0 aromatic heterocycles. The van der Waals surface area contributed by atoms with Crippen LogP contribution >= 0.6 is 0 Å². The highest BCUT2D eigenvalue weighted by molar-refractivity contribution is 5.85. The Bertz CT molecular complexity index is 283. The molecule has 0 aromatic carbocycles. The van der Waals surface area contributed by atoms with Crippen molar-refractivity contribution in [2.45, 2.75) is 39.2 Å².